The second kappa shape index (κ2) is 8.91. The second-order valence-electron chi connectivity index (χ2n) is 7.65. The van der Waals surface area contributed by atoms with E-state index >= 15 is 0 Å². The first-order chi connectivity index (χ1) is 14.4. The van der Waals surface area contributed by atoms with Gasteiger partial charge in [-0.3, -0.25) is 9.59 Å². The summed E-state index contributed by atoms with van der Waals surface area (Å²) < 4.78 is 5.56. The van der Waals surface area contributed by atoms with Crippen molar-refractivity contribution in [3.8, 4) is 0 Å². The number of rotatable bonds is 6. The molecule has 1 aromatic carbocycles. The van der Waals surface area contributed by atoms with Crippen molar-refractivity contribution in [1.82, 2.24) is 15.3 Å². The molecule has 1 fully saturated rings. The van der Waals surface area contributed by atoms with E-state index in [1.807, 2.05) is 0 Å². The Bertz CT molecular complexity index is 1150. The zero-order valence-corrected chi connectivity index (χ0v) is 19.0. The van der Waals surface area contributed by atoms with Gasteiger partial charge in [-0.25, -0.2) is 4.98 Å². The predicted molar refractivity (Wildman–Crippen MR) is 122 cm³/mol. The lowest BCUT2D eigenvalue weighted by molar-refractivity contribution is 0.0860. The summed E-state index contributed by atoms with van der Waals surface area (Å²) in [5.41, 5.74) is 2.89. The molecule has 158 valence electrons. The standard InChI is InChI=1S/C22H25N3O3S2/c1-12-6-7-13(2)16(9-12)29-11-17-24-20(26)18-14(3)19(30-22(18)25-17)21(27)23-10-15-5-4-8-28-15/h6-7,9,15H,4-5,8,10-11H2,1-3H3,(H,23,27)(H,24,25,26)/t15-/m1/s1. The summed E-state index contributed by atoms with van der Waals surface area (Å²) in [7, 11) is 0. The van der Waals surface area contributed by atoms with Crippen LogP contribution >= 0.6 is 23.1 Å². The lowest BCUT2D eigenvalue weighted by atomic mass is 10.2. The van der Waals surface area contributed by atoms with Crippen LogP contribution in [0.1, 0.15) is 45.0 Å². The fourth-order valence-electron chi connectivity index (χ4n) is 3.57. The third-order valence-corrected chi connectivity index (χ3v) is 7.63. The molecule has 3 heterocycles. The molecule has 4 rings (SSSR count). The monoisotopic (exact) mass is 443 g/mol. The molecule has 0 bridgehead atoms. The molecule has 2 aromatic heterocycles. The summed E-state index contributed by atoms with van der Waals surface area (Å²) in [5, 5.41) is 3.44. The summed E-state index contributed by atoms with van der Waals surface area (Å²) in [6.07, 6.45) is 2.08. The fraction of sp³-hybridized carbons (Fsp3) is 0.409. The van der Waals surface area contributed by atoms with Crippen LogP contribution in [0.15, 0.2) is 27.9 Å². The first-order valence-electron chi connectivity index (χ1n) is 10.0. The maximum absolute atomic E-state index is 12.7. The number of aryl methyl sites for hydroxylation is 3. The van der Waals surface area contributed by atoms with Crippen molar-refractivity contribution in [3.05, 3.63) is 55.9 Å². The number of thioether (sulfide) groups is 1. The van der Waals surface area contributed by atoms with Gasteiger partial charge in [-0.2, -0.15) is 0 Å². The molecule has 0 saturated carbocycles. The number of fused-ring (bicyclic) bond motifs is 1. The SMILES string of the molecule is Cc1ccc(C)c(SCc2nc3sc(C(=O)NC[C@H]4CCCO4)c(C)c3c(=O)[nH]2)c1. The van der Waals surface area contributed by atoms with Crippen molar-refractivity contribution >= 4 is 39.2 Å². The molecule has 3 aromatic rings. The lowest BCUT2D eigenvalue weighted by Gasteiger charge is -2.10. The second-order valence-corrected chi connectivity index (χ2v) is 9.67. The van der Waals surface area contributed by atoms with Gasteiger partial charge in [-0.05, 0) is 50.8 Å². The van der Waals surface area contributed by atoms with E-state index in [0.29, 0.717) is 38.8 Å². The Morgan fingerprint density at radius 3 is 2.97 bits per heavy atom. The van der Waals surface area contributed by atoms with Crippen LogP contribution in [0.3, 0.4) is 0 Å². The Morgan fingerprint density at radius 1 is 1.37 bits per heavy atom. The van der Waals surface area contributed by atoms with Crippen LogP contribution in [0.25, 0.3) is 10.2 Å². The first-order valence-corrected chi connectivity index (χ1v) is 11.8. The smallest absolute Gasteiger partial charge is 0.261 e. The number of ether oxygens (including phenoxy) is 1. The number of benzene rings is 1. The summed E-state index contributed by atoms with van der Waals surface area (Å²) >= 11 is 2.93. The molecule has 1 amide bonds. The predicted octanol–water partition coefficient (Wildman–Crippen LogP) is 4.11. The highest BCUT2D eigenvalue weighted by molar-refractivity contribution is 7.98. The molecule has 1 aliphatic rings. The quantitative estimate of drug-likeness (QED) is 0.560. The summed E-state index contributed by atoms with van der Waals surface area (Å²) in [4.78, 5) is 35.2. The molecule has 2 N–H and O–H groups in total. The number of H-pyrrole nitrogens is 1. The Labute approximate surface area is 183 Å². The number of thiophene rings is 1. The van der Waals surface area contributed by atoms with Gasteiger partial charge in [0.2, 0.25) is 0 Å². The van der Waals surface area contributed by atoms with Crippen molar-refractivity contribution in [2.75, 3.05) is 13.2 Å². The first kappa shape index (κ1) is 21.1. The summed E-state index contributed by atoms with van der Waals surface area (Å²) in [5.74, 6) is 1.01. The van der Waals surface area contributed by atoms with E-state index in [2.05, 4.69) is 47.3 Å². The van der Waals surface area contributed by atoms with Gasteiger partial charge in [0, 0.05) is 18.0 Å². The average Bonchev–Trinajstić information content (AvgIpc) is 3.35. The zero-order valence-electron chi connectivity index (χ0n) is 17.3. The molecule has 1 atom stereocenters. The fourth-order valence-corrected chi connectivity index (χ4v) is 5.69. The zero-order chi connectivity index (χ0) is 21.3. The van der Waals surface area contributed by atoms with E-state index in [1.54, 1.807) is 18.7 Å². The maximum atomic E-state index is 12.7. The lowest BCUT2D eigenvalue weighted by Crippen LogP contribution is -2.31. The van der Waals surface area contributed by atoms with Crippen LogP contribution in [0.4, 0.5) is 0 Å². The molecule has 30 heavy (non-hydrogen) atoms. The molecular weight excluding hydrogens is 418 g/mol. The minimum Gasteiger partial charge on any atom is -0.376 e. The minimum absolute atomic E-state index is 0.0823. The van der Waals surface area contributed by atoms with Crippen molar-refractivity contribution in [2.24, 2.45) is 0 Å². The van der Waals surface area contributed by atoms with Crippen LogP contribution in [0, 0.1) is 20.8 Å². The van der Waals surface area contributed by atoms with Crippen LogP contribution < -0.4 is 10.9 Å². The van der Waals surface area contributed by atoms with E-state index in [4.69, 9.17) is 4.74 Å². The van der Waals surface area contributed by atoms with Crippen molar-refractivity contribution in [3.63, 3.8) is 0 Å². The molecule has 0 aliphatic carbocycles. The number of aromatic nitrogens is 2. The Morgan fingerprint density at radius 2 is 2.20 bits per heavy atom. The molecular formula is C22H25N3O3S2. The normalized spacial score (nSPS) is 16.3. The van der Waals surface area contributed by atoms with Crippen molar-refractivity contribution < 1.29 is 9.53 Å². The summed E-state index contributed by atoms with van der Waals surface area (Å²) in [6.45, 7) is 7.20. The maximum Gasteiger partial charge on any atom is 0.261 e. The molecule has 6 nitrogen and oxygen atoms in total. The van der Waals surface area contributed by atoms with Gasteiger partial charge < -0.3 is 15.0 Å². The molecule has 0 unspecified atom stereocenters. The van der Waals surface area contributed by atoms with E-state index in [1.165, 1.54) is 27.4 Å². The topological polar surface area (TPSA) is 84.1 Å². The van der Waals surface area contributed by atoms with Crippen molar-refractivity contribution in [1.29, 1.82) is 0 Å². The summed E-state index contributed by atoms with van der Waals surface area (Å²) in [6, 6.07) is 6.33. The van der Waals surface area contributed by atoms with Crippen molar-refractivity contribution in [2.45, 2.75) is 50.4 Å². The van der Waals surface area contributed by atoms with Crippen LogP contribution in [-0.2, 0) is 10.5 Å². The highest BCUT2D eigenvalue weighted by Crippen LogP contribution is 2.29. The molecule has 1 saturated heterocycles. The van der Waals surface area contributed by atoms with Crippen LogP contribution in [0.5, 0.6) is 0 Å². The van der Waals surface area contributed by atoms with E-state index < -0.39 is 0 Å². The average molecular weight is 444 g/mol. The van der Waals surface area contributed by atoms with Gasteiger partial charge in [0.05, 0.1) is 22.1 Å². The third kappa shape index (κ3) is 4.45. The number of amides is 1. The number of carbonyl (C=O) groups is 1. The molecule has 0 radical (unpaired) electrons. The Kier molecular flexibility index (Phi) is 6.26. The molecule has 0 spiro atoms. The molecule has 8 heteroatoms. The number of aromatic amines is 1. The van der Waals surface area contributed by atoms with E-state index in [9.17, 15) is 9.59 Å². The number of hydrogen-bond donors (Lipinski definition) is 2. The van der Waals surface area contributed by atoms with Gasteiger partial charge >= 0.3 is 0 Å². The highest BCUT2D eigenvalue weighted by Gasteiger charge is 2.21. The highest BCUT2D eigenvalue weighted by atomic mass is 32.2. The largest absolute Gasteiger partial charge is 0.376 e. The van der Waals surface area contributed by atoms with E-state index in [0.717, 1.165) is 19.4 Å². The number of hydrogen-bond acceptors (Lipinski definition) is 6. The number of nitrogens with one attached hydrogen (secondary N) is 2. The van der Waals surface area contributed by atoms with Gasteiger partial charge in [-0.15, -0.1) is 23.1 Å². The van der Waals surface area contributed by atoms with Crippen LogP contribution in [0.2, 0.25) is 0 Å². The van der Waals surface area contributed by atoms with Gasteiger partial charge in [0.1, 0.15) is 10.7 Å². The van der Waals surface area contributed by atoms with E-state index in [-0.39, 0.29) is 17.6 Å². The van der Waals surface area contributed by atoms with Gasteiger partial charge in [0.15, 0.2) is 0 Å². The van der Waals surface area contributed by atoms with Gasteiger partial charge in [0.25, 0.3) is 11.5 Å². The minimum atomic E-state index is -0.191. The third-order valence-electron chi connectivity index (χ3n) is 5.28. The van der Waals surface area contributed by atoms with Gasteiger partial charge in [-0.1, -0.05) is 17.7 Å². The van der Waals surface area contributed by atoms with Crippen LogP contribution in [-0.4, -0.2) is 35.1 Å². The number of carbonyl (C=O) groups excluding carboxylic acids is 1. The Hall–Kier alpha value is -2.16. The number of nitrogens with zero attached hydrogens (tertiary/aromatic N) is 1. The Balaban J connectivity index is 1.53. The molecule has 1 aliphatic heterocycles.